The Kier molecular flexibility index (Phi) is 2.90. The molecule has 0 unspecified atom stereocenters. The van der Waals surface area contributed by atoms with E-state index in [-0.39, 0.29) is 0 Å². The summed E-state index contributed by atoms with van der Waals surface area (Å²) in [6.07, 6.45) is 5.11. The van der Waals surface area contributed by atoms with Gasteiger partial charge >= 0.3 is 0 Å². The monoisotopic (exact) mass is 178 g/mol. The molecule has 0 aromatic carbocycles. The van der Waals surface area contributed by atoms with Gasteiger partial charge in [0.2, 0.25) is 0 Å². The number of hydrogen-bond donors (Lipinski definition) is 1. The highest BCUT2D eigenvalue weighted by molar-refractivity contribution is 7.67. The van der Waals surface area contributed by atoms with Crippen molar-refractivity contribution in [1.29, 1.82) is 0 Å². The van der Waals surface area contributed by atoms with Crippen molar-refractivity contribution in [3.8, 4) is 0 Å². The first-order valence-electron chi connectivity index (χ1n) is 3.96. The Bertz CT molecular complexity index is 184. The fourth-order valence-electron chi connectivity index (χ4n) is 1.57. The summed E-state index contributed by atoms with van der Waals surface area (Å²) in [7, 11) is -2.67. The molecule has 1 aliphatic carbocycles. The highest BCUT2D eigenvalue weighted by Gasteiger charge is 2.28. The van der Waals surface area contributed by atoms with Gasteiger partial charge in [0.25, 0.3) is 11.0 Å². The zero-order valence-corrected chi connectivity index (χ0v) is 7.60. The van der Waals surface area contributed by atoms with Crippen LogP contribution >= 0.6 is 0 Å². The molecule has 0 atom stereocenters. The lowest BCUT2D eigenvalue weighted by atomic mass is 9.87. The number of rotatable bonds is 2. The first-order valence-corrected chi connectivity index (χ1v) is 5.05. The Morgan fingerprint density at radius 3 is 2.18 bits per heavy atom. The molecule has 0 spiro atoms. The van der Waals surface area contributed by atoms with Crippen LogP contribution in [-0.2, 0) is 15.2 Å². The van der Waals surface area contributed by atoms with Crippen molar-refractivity contribution in [1.82, 2.24) is 0 Å². The maximum Gasteiger partial charge on any atom is 0.257 e. The van der Waals surface area contributed by atoms with Crippen LogP contribution in [0.15, 0.2) is 0 Å². The van der Waals surface area contributed by atoms with Crippen LogP contribution in [-0.4, -0.2) is 14.0 Å². The predicted octanol–water partition coefficient (Wildman–Crippen LogP) is 1.25. The van der Waals surface area contributed by atoms with Crippen LogP contribution in [0.4, 0.5) is 0 Å². The molecule has 3 nitrogen and oxygen atoms in total. The molecule has 0 bridgehead atoms. The lowest BCUT2D eigenvalue weighted by molar-refractivity contribution is 0.0612. The molecule has 1 rings (SSSR count). The summed E-state index contributed by atoms with van der Waals surface area (Å²) in [6.45, 7) is 1.87. The molecular formula is C7H14O3S. The van der Waals surface area contributed by atoms with Crippen molar-refractivity contribution in [2.75, 3.05) is 0 Å². The summed E-state index contributed by atoms with van der Waals surface area (Å²) in [6, 6.07) is 0. The molecule has 0 radical (unpaired) electrons. The standard InChI is InChI=1S/C7H14O3S/c1-7(10-11(8)9)5-3-2-4-6-7/h11H,2-6H2,1H3. The highest BCUT2D eigenvalue weighted by atomic mass is 32.2. The molecule has 1 saturated carbocycles. The van der Waals surface area contributed by atoms with E-state index in [4.69, 9.17) is 4.18 Å². The van der Waals surface area contributed by atoms with Gasteiger partial charge in [-0.3, -0.25) is 4.18 Å². The third kappa shape index (κ3) is 2.79. The molecular weight excluding hydrogens is 164 g/mol. The largest absolute Gasteiger partial charge is 0.266 e. The van der Waals surface area contributed by atoms with Crippen LogP contribution in [0, 0.1) is 0 Å². The Balaban J connectivity index is 2.49. The maximum atomic E-state index is 10.3. The number of hydrogen-bond acceptors (Lipinski definition) is 3. The molecule has 0 aliphatic heterocycles. The molecule has 0 heterocycles. The average molecular weight is 178 g/mol. The van der Waals surface area contributed by atoms with Gasteiger partial charge in [-0.15, -0.1) is 0 Å². The van der Waals surface area contributed by atoms with Crippen molar-refractivity contribution in [2.24, 2.45) is 0 Å². The first-order chi connectivity index (χ1) is 5.12. The summed E-state index contributed by atoms with van der Waals surface area (Å²) in [5.74, 6) is 0. The van der Waals surface area contributed by atoms with Crippen LogP contribution in [0.1, 0.15) is 39.0 Å². The van der Waals surface area contributed by atoms with E-state index >= 15 is 0 Å². The quantitative estimate of drug-likeness (QED) is 0.647. The molecule has 11 heavy (non-hydrogen) atoms. The minimum atomic E-state index is -2.67. The smallest absolute Gasteiger partial charge is 0.257 e. The second-order valence-corrected chi connectivity index (χ2v) is 3.96. The molecule has 0 aromatic rings. The van der Waals surface area contributed by atoms with Crippen LogP contribution in [0.5, 0.6) is 0 Å². The highest BCUT2D eigenvalue weighted by Crippen LogP contribution is 2.30. The Hall–Kier alpha value is -0.0900. The van der Waals surface area contributed by atoms with Gasteiger partial charge in [-0.1, -0.05) is 19.3 Å². The second kappa shape index (κ2) is 3.54. The lowest BCUT2D eigenvalue weighted by Crippen LogP contribution is -2.30. The van der Waals surface area contributed by atoms with E-state index in [0.717, 1.165) is 25.7 Å². The van der Waals surface area contributed by atoms with Crippen LogP contribution < -0.4 is 0 Å². The fourth-order valence-corrected chi connectivity index (χ4v) is 2.11. The summed E-state index contributed by atoms with van der Waals surface area (Å²) in [5, 5.41) is 0. The minimum Gasteiger partial charge on any atom is -0.266 e. The number of thiol groups is 1. The topological polar surface area (TPSA) is 43.4 Å². The molecule has 0 amide bonds. The Morgan fingerprint density at radius 2 is 1.73 bits per heavy atom. The second-order valence-electron chi connectivity index (χ2n) is 3.33. The molecule has 1 aliphatic rings. The molecule has 66 valence electrons. The van der Waals surface area contributed by atoms with Crippen molar-refractivity contribution in [3.63, 3.8) is 0 Å². The van der Waals surface area contributed by atoms with Crippen LogP contribution in [0.25, 0.3) is 0 Å². The van der Waals surface area contributed by atoms with Crippen molar-refractivity contribution >= 4 is 11.0 Å². The first kappa shape index (κ1) is 9.00. The van der Waals surface area contributed by atoms with Gasteiger partial charge < -0.3 is 0 Å². The maximum absolute atomic E-state index is 10.3. The van der Waals surface area contributed by atoms with Crippen LogP contribution in [0.3, 0.4) is 0 Å². The molecule has 4 heteroatoms. The van der Waals surface area contributed by atoms with Crippen molar-refractivity contribution < 1.29 is 12.6 Å². The van der Waals surface area contributed by atoms with E-state index in [9.17, 15) is 8.42 Å². The fraction of sp³-hybridized carbons (Fsp3) is 1.00. The Morgan fingerprint density at radius 1 is 1.18 bits per heavy atom. The van der Waals surface area contributed by atoms with Gasteiger partial charge in [0.05, 0.1) is 5.60 Å². The van der Waals surface area contributed by atoms with E-state index in [0.29, 0.717) is 0 Å². The zero-order valence-electron chi connectivity index (χ0n) is 6.71. The van der Waals surface area contributed by atoms with Gasteiger partial charge in [-0.25, -0.2) is 8.42 Å². The lowest BCUT2D eigenvalue weighted by Gasteiger charge is -2.30. The molecule has 0 aromatic heterocycles. The molecule has 0 N–H and O–H groups in total. The summed E-state index contributed by atoms with van der Waals surface area (Å²) in [5.41, 5.74) is -0.395. The van der Waals surface area contributed by atoms with Crippen molar-refractivity contribution in [3.05, 3.63) is 0 Å². The normalized spacial score (nSPS) is 23.8. The molecule has 0 saturated heterocycles. The SMILES string of the molecule is CC1(O[SH](=O)=O)CCCCC1. The molecule has 1 fully saturated rings. The van der Waals surface area contributed by atoms with Crippen molar-refractivity contribution in [2.45, 2.75) is 44.6 Å². The van der Waals surface area contributed by atoms with Gasteiger partial charge in [0, 0.05) is 0 Å². The third-order valence-corrected chi connectivity index (χ3v) is 2.80. The van der Waals surface area contributed by atoms with E-state index in [1.165, 1.54) is 6.42 Å². The van der Waals surface area contributed by atoms with Gasteiger partial charge in [0.15, 0.2) is 0 Å². The van der Waals surface area contributed by atoms with Gasteiger partial charge in [0.1, 0.15) is 0 Å². The predicted molar refractivity (Wildman–Crippen MR) is 42.9 cm³/mol. The third-order valence-electron chi connectivity index (χ3n) is 2.21. The van der Waals surface area contributed by atoms with Gasteiger partial charge in [-0.2, -0.15) is 0 Å². The van der Waals surface area contributed by atoms with Crippen LogP contribution in [0.2, 0.25) is 0 Å². The van der Waals surface area contributed by atoms with Gasteiger partial charge in [-0.05, 0) is 19.8 Å². The average Bonchev–Trinajstić information content (AvgIpc) is 1.85. The van der Waals surface area contributed by atoms with E-state index in [2.05, 4.69) is 0 Å². The van der Waals surface area contributed by atoms with E-state index in [1.54, 1.807) is 0 Å². The Labute approximate surface area is 68.9 Å². The van der Waals surface area contributed by atoms with E-state index in [1.807, 2.05) is 6.92 Å². The zero-order chi connectivity index (χ0) is 8.32. The minimum absolute atomic E-state index is 0.395. The summed E-state index contributed by atoms with van der Waals surface area (Å²) >= 11 is 0. The summed E-state index contributed by atoms with van der Waals surface area (Å²) < 4.78 is 25.4. The van der Waals surface area contributed by atoms with E-state index < -0.39 is 16.6 Å². The summed E-state index contributed by atoms with van der Waals surface area (Å²) in [4.78, 5) is 0.